The normalized spacial score (nSPS) is 10.9. The van der Waals surface area contributed by atoms with E-state index in [1.165, 1.54) is 0 Å². The lowest BCUT2D eigenvalue weighted by atomic mass is 9.94. The number of hydrogen-bond donors (Lipinski definition) is 4. The third-order valence-corrected chi connectivity index (χ3v) is 3.26. The summed E-state index contributed by atoms with van der Waals surface area (Å²) in [6.45, 7) is 0. The van der Waals surface area contributed by atoms with Gasteiger partial charge in [-0.25, -0.2) is 27.2 Å². The van der Waals surface area contributed by atoms with Crippen molar-refractivity contribution in [2.75, 3.05) is 5.73 Å². The minimum absolute atomic E-state index is 0.0873. The van der Waals surface area contributed by atoms with Crippen molar-refractivity contribution >= 4 is 17.8 Å². The van der Waals surface area contributed by atoms with E-state index in [1.54, 1.807) is 4.98 Å². The average Bonchev–Trinajstić information content (AvgIpc) is 2.47. The van der Waals surface area contributed by atoms with Crippen molar-refractivity contribution in [3.63, 3.8) is 0 Å². The van der Waals surface area contributed by atoms with Crippen LogP contribution in [0.4, 0.5) is 23.4 Å². The Hall–Kier alpha value is -3.37. The van der Waals surface area contributed by atoms with Gasteiger partial charge in [0.2, 0.25) is 0 Å². The number of nitrogens with two attached hydrogens (primary N) is 1. The number of aromatic amines is 1. The number of carboxylic acids is 2. The van der Waals surface area contributed by atoms with Gasteiger partial charge in [0.1, 0.15) is 28.6 Å². The molecule has 0 bridgehead atoms. The molecule has 11 heteroatoms. The van der Waals surface area contributed by atoms with Crippen molar-refractivity contribution in [1.29, 1.82) is 0 Å². The molecule has 0 unspecified atom stereocenters. The zero-order valence-corrected chi connectivity index (χ0v) is 11.9. The Bertz CT molecular complexity index is 955. The number of pyridine rings is 1. The van der Waals surface area contributed by atoms with Crippen molar-refractivity contribution in [3.8, 4) is 11.1 Å². The van der Waals surface area contributed by atoms with Gasteiger partial charge < -0.3 is 20.9 Å². The molecule has 0 saturated heterocycles. The SMILES string of the molecule is Nc1[nH]c(=O)c(C(=O)O)c(-c2cc(F)c(C(F)F)cc2F)c1C(=O)O. The van der Waals surface area contributed by atoms with Crippen LogP contribution < -0.4 is 11.3 Å². The molecule has 132 valence electrons. The van der Waals surface area contributed by atoms with Crippen LogP contribution in [0, 0.1) is 11.6 Å². The zero-order valence-electron chi connectivity index (χ0n) is 11.9. The van der Waals surface area contributed by atoms with Crippen LogP contribution in [-0.2, 0) is 0 Å². The summed E-state index contributed by atoms with van der Waals surface area (Å²) in [4.78, 5) is 36.2. The lowest BCUT2D eigenvalue weighted by Gasteiger charge is -2.14. The second-order valence-electron chi connectivity index (χ2n) is 4.76. The number of carboxylic acid groups (broad SMARTS) is 2. The molecule has 25 heavy (non-hydrogen) atoms. The van der Waals surface area contributed by atoms with E-state index in [4.69, 9.17) is 10.8 Å². The van der Waals surface area contributed by atoms with Gasteiger partial charge in [-0.1, -0.05) is 0 Å². The molecule has 0 aliphatic carbocycles. The minimum Gasteiger partial charge on any atom is -0.478 e. The van der Waals surface area contributed by atoms with E-state index in [0.717, 1.165) is 0 Å². The highest BCUT2D eigenvalue weighted by molar-refractivity contribution is 6.07. The smallest absolute Gasteiger partial charge is 0.342 e. The predicted octanol–water partition coefficient (Wildman–Crippen LogP) is 2.24. The minimum atomic E-state index is -3.37. The fourth-order valence-corrected chi connectivity index (χ4v) is 2.24. The highest BCUT2D eigenvalue weighted by atomic mass is 19.3. The number of nitrogens with one attached hydrogen (secondary N) is 1. The third-order valence-electron chi connectivity index (χ3n) is 3.26. The maximum Gasteiger partial charge on any atom is 0.342 e. The number of aromatic nitrogens is 1. The molecule has 7 nitrogen and oxygen atoms in total. The molecule has 1 aromatic heterocycles. The fraction of sp³-hybridized carbons (Fsp3) is 0.0714. The first-order valence-corrected chi connectivity index (χ1v) is 6.36. The number of hydrogen-bond acceptors (Lipinski definition) is 4. The van der Waals surface area contributed by atoms with Crippen LogP contribution in [0.15, 0.2) is 16.9 Å². The second-order valence-corrected chi connectivity index (χ2v) is 4.76. The van der Waals surface area contributed by atoms with Crippen molar-refractivity contribution < 1.29 is 37.4 Å². The first-order valence-electron chi connectivity index (χ1n) is 6.36. The van der Waals surface area contributed by atoms with Gasteiger partial charge in [-0.3, -0.25) is 4.79 Å². The zero-order chi connectivity index (χ0) is 19.0. The molecular formula is C14H8F4N2O5. The maximum absolute atomic E-state index is 14.2. The quantitative estimate of drug-likeness (QED) is 0.618. The molecular weight excluding hydrogens is 352 g/mol. The third kappa shape index (κ3) is 3.03. The Morgan fingerprint density at radius 2 is 1.60 bits per heavy atom. The van der Waals surface area contributed by atoms with Gasteiger partial charge in [0, 0.05) is 11.1 Å². The van der Waals surface area contributed by atoms with Crippen LogP contribution in [0.3, 0.4) is 0 Å². The number of benzene rings is 1. The molecule has 0 aliphatic rings. The number of aromatic carboxylic acids is 2. The Kier molecular flexibility index (Phi) is 4.50. The van der Waals surface area contributed by atoms with Gasteiger partial charge in [-0.2, -0.15) is 0 Å². The molecule has 0 atom stereocenters. The number of rotatable bonds is 4. The van der Waals surface area contributed by atoms with E-state index in [2.05, 4.69) is 0 Å². The summed E-state index contributed by atoms with van der Waals surface area (Å²) in [5.74, 6) is -7.76. The van der Waals surface area contributed by atoms with Crippen molar-refractivity contribution in [2.24, 2.45) is 0 Å². The largest absolute Gasteiger partial charge is 0.478 e. The van der Waals surface area contributed by atoms with E-state index in [1.807, 2.05) is 0 Å². The van der Waals surface area contributed by atoms with Gasteiger partial charge in [-0.05, 0) is 12.1 Å². The molecule has 0 amide bonds. The fourth-order valence-electron chi connectivity index (χ4n) is 2.24. The maximum atomic E-state index is 14.2. The highest BCUT2D eigenvalue weighted by Gasteiger charge is 2.29. The van der Waals surface area contributed by atoms with E-state index in [0.29, 0.717) is 0 Å². The molecule has 1 aromatic carbocycles. The summed E-state index contributed by atoms with van der Waals surface area (Å²) in [6.07, 6.45) is -3.37. The lowest BCUT2D eigenvalue weighted by molar-refractivity contribution is 0.0695. The van der Waals surface area contributed by atoms with Crippen LogP contribution in [0.2, 0.25) is 0 Å². The molecule has 0 saturated carbocycles. The van der Waals surface area contributed by atoms with E-state index < -0.39 is 69.2 Å². The van der Waals surface area contributed by atoms with Crippen LogP contribution in [0.1, 0.15) is 32.7 Å². The summed E-state index contributed by atoms with van der Waals surface area (Å²) in [7, 11) is 0. The van der Waals surface area contributed by atoms with Gasteiger partial charge in [-0.15, -0.1) is 0 Å². The van der Waals surface area contributed by atoms with Gasteiger partial charge in [0.15, 0.2) is 0 Å². The van der Waals surface area contributed by atoms with Gasteiger partial charge in [0.05, 0.1) is 5.56 Å². The summed E-state index contributed by atoms with van der Waals surface area (Å²) >= 11 is 0. The topological polar surface area (TPSA) is 133 Å². The number of carbonyl (C=O) groups is 2. The number of alkyl halides is 2. The molecule has 2 rings (SSSR count). The summed E-state index contributed by atoms with van der Waals surface area (Å²) in [5, 5.41) is 18.3. The van der Waals surface area contributed by atoms with Crippen molar-refractivity contribution in [2.45, 2.75) is 6.43 Å². The van der Waals surface area contributed by atoms with E-state index in [-0.39, 0.29) is 12.1 Å². The van der Waals surface area contributed by atoms with Crippen molar-refractivity contribution in [3.05, 3.63) is 50.8 Å². The Labute approximate surface area is 135 Å². The predicted molar refractivity (Wildman–Crippen MR) is 75.7 cm³/mol. The Balaban J connectivity index is 3.01. The van der Waals surface area contributed by atoms with Gasteiger partial charge >= 0.3 is 11.9 Å². The second kappa shape index (κ2) is 6.26. The van der Waals surface area contributed by atoms with Crippen LogP contribution in [-0.4, -0.2) is 27.1 Å². The summed E-state index contributed by atoms with van der Waals surface area (Å²) in [5.41, 5.74) is -1.63. The lowest BCUT2D eigenvalue weighted by Crippen LogP contribution is -2.24. The number of nitrogen functional groups attached to an aromatic ring is 1. The average molecular weight is 360 g/mol. The summed E-state index contributed by atoms with van der Waals surface area (Å²) in [6, 6.07) is 0.272. The molecule has 5 N–H and O–H groups in total. The standard InChI is InChI=1S/C14H8F4N2O5/c15-5-2-4(10(17)18)6(16)1-3(5)7-8(13(22)23)11(19)20-12(21)9(7)14(24)25/h1-2,10H,(H,22,23)(H,24,25)(H3,19,20,21). The Morgan fingerprint density at radius 1 is 1.04 bits per heavy atom. The highest BCUT2D eigenvalue weighted by Crippen LogP contribution is 2.34. The van der Waals surface area contributed by atoms with E-state index in [9.17, 15) is 37.1 Å². The number of anilines is 1. The first-order chi connectivity index (χ1) is 11.6. The molecule has 0 spiro atoms. The summed E-state index contributed by atoms with van der Waals surface area (Å²) < 4.78 is 53.2. The van der Waals surface area contributed by atoms with Crippen LogP contribution in [0.25, 0.3) is 11.1 Å². The van der Waals surface area contributed by atoms with Crippen LogP contribution in [0.5, 0.6) is 0 Å². The van der Waals surface area contributed by atoms with Crippen LogP contribution >= 0.6 is 0 Å². The monoisotopic (exact) mass is 360 g/mol. The molecule has 2 aromatic rings. The molecule has 1 heterocycles. The molecule has 0 fully saturated rings. The van der Waals surface area contributed by atoms with E-state index >= 15 is 0 Å². The molecule has 0 radical (unpaired) electrons. The van der Waals surface area contributed by atoms with Crippen molar-refractivity contribution in [1.82, 2.24) is 4.98 Å². The molecule has 0 aliphatic heterocycles. The number of H-pyrrole nitrogens is 1. The number of halogens is 4. The Morgan fingerprint density at radius 3 is 2.08 bits per heavy atom. The van der Waals surface area contributed by atoms with Gasteiger partial charge in [0.25, 0.3) is 12.0 Å². The first kappa shape index (κ1) is 18.0.